The Hall–Kier alpha value is -1.77. The lowest BCUT2D eigenvalue weighted by molar-refractivity contribution is 1.21. The topological polar surface area (TPSA) is 60.6 Å². The van der Waals surface area contributed by atoms with Gasteiger partial charge in [-0.2, -0.15) is 0 Å². The first-order chi connectivity index (χ1) is 7.33. The van der Waals surface area contributed by atoms with Crippen LogP contribution in [0.25, 0.3) is 0 Å². The maximum atomic E-state index is 7.51. The zero-order valence-electron chi connectivity index (χ0n) is 9.20. The Balaban J connectivity index is 0.000000921. The van der Waals surface area contributed by atoms with Crippen molar-refractivity contribution in [1.29, 1.82) is 10.8 Å². The number of hydrogen-bond acceptors (Lipinski definition) is 3. The number of hydrogen-bond donors (Lipinski definition) is 2. The van der Waals surface area contributed by atoms with Gasteiger partial charge in [0.25, 0.3) is 0 Å². The van der Waals surface area contributed by atoms with Gasteiger partial charge in [0, 0.05) is 30.7 Å². The predicted octanol–water partition coefficient (Wildman–Crippen LogP) is 2.88. The summed E-state index contributed by atoms with van der Waals surface area (Å²) in [5, 5.41) is 14.3. The summed E-state index contributed by atoms with van der Waals surface area (Å²) >= 11 is 0. The molecule has 1 aromatic heterocycles. The molecular weight excluding hydrogens is 186 g/mol. The second-order valence-electron chi connectivity index (χ2n) is 2.59. The largest absolute Gasteiger partial charge is 0.309 e. The van der Waals surface area contributed by atoms with Crippen molar-refractivity contribution in [3.8, 4) is 0 Å². The fourth-order valence-corrected chi connectivity index (χ4v) is 0.946. The highest BCUT2D eigenvalue weighted by molar-refractivity contribution is 5.96. The predicted molar refractivity (Wildman–Crippen MR) is 64.9 cm³/mol. The van der Waals surface area contributed by atoms with Gasteiger partial charge in [-0.3, -0.25) is 4.98 Å². The summed E-state index contributed by atoms with van der Waals surface area (Å²) in [6.07, 6.45) is 8.34. The van der Waals surface area contributed by atoms with E-state index in [1.165, 1.54) is 0 Å². The molecule has 2 N–H and O–H groups in total. The van der Waals surface area contributed by atoms with E-state index in [-0.39, 0.29) is 0 Å². The summed E-state index contributed by atoms with van der Waals surface area (Å²) in [5.41, 5.74) is 1.50. The first-order valence-electron chi connectivity index (χ1n) is 4.96. The molecule has 0 aromatic carbocycles. The van der Waals surface area contributed by atoms with Crippen molar-refractivity contribution in [2.24, 2.45) is 0 Å². The zero-order chi connectivity index (χ0) is 11.5. The molecule has 0 fully saturated rings. The molecule has 80 valence electrons. The third kappa shape index (κ3) is 6.32. The minimum absolute atomic E-state index is 0.483. The first-order valence-corrected chi connectivity index (χ1v) is 4.96. The third-order valence-corrected chi connectivity index (χ3v) is 1.51. The van der Waals surface area contributed by atoms with Crippen molar-refractivity contribution >= 4 is 11.9 Å². The van der Waals surface area contributed by atoms with Crippen molar-refractivity contribution < 1.29 is 0 Å². The van der Waals surface area contributed by atoms with Gasteiger partial charge in [-0.05, 0) is 23.8 Å². The summed E-state index contributed by atoms with van der Waals surface area (Å²) in [6.45, 7) is 4.00. The molecule has 1 aromatic rings. The molecule has 0 aliphatic heterocycles. The Morgan fingerprint density at radius 2 is 2.20 bits per heavy atom. The van der Waals surface area contributed by atoms with Crippen molar-refractivity contribution in [2.75, 3.05) is 0 Å². The van der Waals surface area contributed by atoms with Gasteiger partial charge in [0.05, 0.1) is 0 Å². The van der Waals surface area contributed by atoms with E-state index in [9.17, 15) is 0 Å². The van der Waals surface area contributed by atoms with E-state index in [1.54, 1.807) is 24.5 Å². The van der Waals surface area contributed by atoms with Crippen LogP contribution in [0.15, 0.2) is 36.7 Å². The number of nitrogens with zero attached hydrogens (tertiary/aromatic N) is 1. The molecule has 0 unspecified atom stereocenters. The van der Waals surface area contributed by atoms with Gasteiger partial charge in [-0.25, -0.2) is 0 Å². The van der Waals surface area contributed by atoms with E-state index in [2.05, 4.69) is 4.98 Å². The van der Waals surface area contributed by atoms with Crippen LogP contribution in [-0.4, -0.2) is 16.9 Å². The Kier molecular flexibility index (Phi) is 7.77. The molecule has 1 heterocycles. The molecule has 0 aliphatic rings. The number of rotatable bonds is 4. The lowest BCUT2D eigenvalue weighted by Gasteiger charge is -1.96. The molecule has 15 heavy (non-hydrogen) atoms. The Morgan fingerprint density at radius 3 is 2.73 bits per heavy atom. The SMILES string of the molecule is CC.N=C/C=C\C(=N)Cc1cccnc1. The van der Waals surface area contributed by atoms with Crippen LogP contribution in [-0.2, 0) is 6.42 Å². The molecule has 0 aliphatic carbocycles. The molecular formula is C12H17N3. The highest BCUT2D eigenvalue weighted by atomic mass is 14.6. The highest BCUT2D eigenvalue weighted by Crippen LogP contribution is 1.98. The molecule has 0 atom stereocenters. The van der Waals surface area contributed by atoms with Crippen LogP contribution < -0.4 is 0 Å². The van der Waals surface area contributed by atoms with E-state index in [0.29, 0.717) is 12.1 Å². The summed E-state index contributed by atoms with van der Waals surface area (Å²) in [6, 6.07) is 3.78. The second-order valence-corrected chi connectivity index (χ2v) is 2.59. The van der Waals surface area contributed by atoms with E-state index < -0.39 is 0 Å². The van der Waals surface area contributed by atoms with Gasteiger partial charge in [0.2, 0.25) is 0 Å². The van der Waals surface area contributed by atoms with Gasteiger partial charge in [0.1, 0.15) is 0 Å². The minimum Gasteiger partial charge on any atom is -0.309 e. The maximum absolute atomic E-state index is 7.51. The number of allylic oxidation sites excluding steroid dienone is 2. The molecule has 0 saturated heterocycles. The van der Waals surface area contributed by atoms with Crippen LogP contribution >= 0.6 is 0 Å². The number of pyridine rings is 1. The molecule has 0 saturated carbocycles. The fourth-order valence-electron chi connectivity index (χ4n) is 0.946. The molecule has 1 rings (SSSR count). The van der Waals surface area contributed by atoms with Crippen LogP contribution in [0.1, 0.15) is 19.4 Å². The van der Waals surface area contributed by atoms with Crippen molar-refractivity contribution in [3.63, 3.8) is 0 Å². The quantitative estimate of drug-likeness (QED) is 0.726. The monoisotopic (exact) mass is 203 g/mol. The lowest BCUT2D eigenvalue weighted by atomic mass is 10.1. The molecule has 0 radical (unpaired) electrons. The van der Waals surface area contributed by atoms with Crippen molar-refractivity contribution in [2.45, 2.75) is 20.3 Å². The third-order valence-electron chi connectivity index (χ3n) is 1.51. The smallest absolute Gasteiger partial charge is 0.0358 e. The highest BCUT2D eigenvalue weighted by Gasteiger charge is 1.94. The molecule has 0 amide bonds. The molecule has 0 spiro atoms. The standard InChI is InChI=1S/C10H11N3.C2H6/c11-5-1-4-10(12)7-9-3-2-6-13-8-9;1-2/h1-6,8,11-12H,7H2;1-2H3/b4-1-,11-5?,12-10?;. The van der Waals surface area contributed by atoms with E-state index in [4.69, 9.17) is 10.8 Å². The van der Waals surface area contributed by atoms with Crippen LogP contribution in [0.2, 0.25) is 0 Å². The molecule has 3 nitrogen and oxygen atoms in total. The van der Waals surface area contributed by atoms with Gasteiger partial charge < -0.3 is 10.8 Å². The van der Waals surface area contributed by atoms with E-state index in [0.717, 1.165) is 11.8 Å². The van der Waals surface area contributed by atoms with Crippen LogP contribution in [0.5, 0.6) is 0 Å². The lowest BCUT2D eigenvalue weighted by Crippen LogP contribution is -1.97. The maximum Gasteiger partial charge on any atom is 0.0358 e. The summed E-state index contributed by atoms with van der Waals surface area (Å²) in [4.78, 5) is 3.95. The summed E-state index contributed by atoms with van der Waals surface area (Å²) < 4.78 is 0. The second kappa shape index (κ2) is 8.81. The van der Waals surface area contributed by atoms with Crippen molar-refractivity contribution in [1.82, 2.24) is 4.98 Å². The van der Waals surface area contributed by atoms with Crippen LogP contribution in [0, 0.1) is 10.8 Å². The van der Waals surface area contributed by atoms with E-state index >= 15 is 0 Å². The van der Waals surface area contributed by atoms with Gasteiger partial charge in [-0.1, -0.05) is 19.9 Å². The average Bonchev–Trinajstić information content (AvgIpc) is 2.30. The summed E-state index contributed by atoms with van der Waals surface area (Å²) in [7, 11) is 0. The van der Waals surface area contributed by atoms with Crippen molar-refractivity contribution in [3.05, 3.63) is 42.2 Å². The Morgan fingerprint density at radius 1 is 1.47 bits per heavy atom. The van der Waals surface area contributed by atoms with Gasteiger partial charge in [0.15, 0.2) is 0 Å². The van der Waals surface area contributed by atoms with Gasteiger partial charge >= 0.3 is 0 Å². The van der Waals surface area contributed by atoms with Gasteiger partial charge in [-0.15, -0.1) is 0 Å². The molecule has 3 heteroatoms. The first kappa shape index (κ1) is 13.2. The minimum atomic E-state index is 0.483. The number of nitrogens with one attached hydrogen (secondary N) is 2. The average molecular weight is 203 g/mol. The Bertz CT molecular complexity index is 315. The van der Waals surface area contributed by atoms with E-state index in [1.807, 2.05) is 26.0 Å². The Labute approximate surface area is 90.9 Å². The number of aromatic nitrogens is 1. The zero-order valence-corrected chi connectivity index (χ0v) is 9.20. The van der Waals surface area contributed by atoms with Crippen LogP contribution in [0.3, 0.4) is 0 Å². The fraction of sp³-hybridized carbons (Fsp3) is 0.250. The van der Waals surface area contributed by atoms with Crippen LogP contribution in [0.4, 0.5) is 0 Å². The summed E-state index contributed by atoms with van der Waals surface area (Å²) in [5.74, 6) is 0. The molecule has 0 bridgehead atoms. The normalized spacial score (nSPS) is 9.20.